The van der Waals surface area contributed by atoms with Gasteiger partial charge in [-0.3, -0.25) is 4.90 Å². The molecule has 0 bridgehead atoms. The van der Waals surface area contributed by atoms with Gasteiger partial charge in [0.05, 0.1) is 11.6 Å². The number of benzene rings is 1. The standard InChI is InChI=1S/C27H33F3N6O2/c1-2-35-15-4-3-8-20(35)25-34-23-21(36(25)16-18-9-11-19(12-10-18)27(28,29)30)22(32-24(33-23)26(37)38)31-14-13-17-6-5-7-17/h9-12,17,20H,2-8,13-16H2,1H3,(H,37,38)(H,31,32,33)/t20-/m1/s1. The van der Waals surface area contributed by atoms with Crippen LogP contribution in [0.1, 0.15) is 85.5 Å². The van der Waals surface area contributed by atoms with Gasteiger partial charge in [-0.05, 0) is 56.0 Å². The SMILES string of the molecule is CCN1CCCC[C@@H]1c1nc2nc(C(=O)O)nc(NCCC3CCC3)c2n1Cc1ccc(C(F)(F)F)cc1. The highest BCUT2D eigenvalue weighted by Gasteiger charge is 2.32. The van der Waals surface area contributed by atoms with Crippen molar-refractivity contribution in [3.05, 3.63) is 47.0 Å². The molecule has 2 aliphatic rings. The highest BCUT2D eigenvalue weighted by atomic mass is 19.4. The van der Waals surface area contributed by atoms with E-state index in [9.17, 15) is 23.1 Å². The van der Waals surface area contributed by atoms with Crippen LogP contribution in [-0.4, -0.2) is 55.1 Å². The predicted octanol–water partition coefficient (Wildman–Crippen LogP) is 5.74. The largest absolute Gasteiger partial charge is 0.475 e. The second kappa shape index (κ2) is 10.9. The molecular formula is C27H33F3N6O2. The van der Waals surface area contributed by atoms with Gasteiger partial charge in [0.15, 0.2) is 11.5 Å². The predicted molar refractivity (Wildman–Crippen MR) is 137 cm³/mol. The van der Waals surface area contributed by atoms with Crippen molar-refractivity contribution in [3.63, 3.8) is 0 Å². The summed E-state index contributed by atoms with van der Waals surface area (Å²) in [6, 6.07) is 5.13. The molecule has 1 atom stereocenters. The summed E-state index contributed by atoms with van der Waals surface area (Å²) in [6.45, 7) is 4.75. The molecule has 1 aliphatic heterocycles. The second-order valence-electron chi connectivity index (χ2n) is 10.3. The average Bonchev–Trinajstić information content (AvgIpc) is 3.23. The number of alkyl halides is 3. The Hall–Kier alpha value is -3.21. The zero-order valence-electron chi connectivity index (χ0n) is 21.5. The first-order valence-electron chi connectivity index (χ1n) is 13.4. The lowest BCUT2D eigenvalue weighted by Gasteiger charge is -2.34. The number of carboxylic acids is 1. The molecule has 1 aliphatic carbocycles. The van der Waals surface area contributed by atoms with Crippen LogP contribution < -0.4 is 5.32 Å². The van der Waals surface area contributed by atoms with E-state index in [2.05, 4.69) is 27.1 Å². The Balaban J connectivity index is 1.59. The number of hydrogen-bond acceptors (Lipinski definition) is 6. The minimum Gasteiger partial charge on any atom is -0.475 e. The molecule has 2 N–H and O–H groups in total. The van der Waals surface area contributed by atoms with E-state index in [0.29, 0.717) is 29.4 Å². The first-order valence-corrected chi connectivity index (χ1v) is 13.4. The van der Waals surface area contributed by atoms with Crippen LogP contribution in [0.4, 0.5) is 19.0 Å². The molecule has 1 saturated heterocycles. The van der Waals surface area contributed by atoms with Crippen LogP contribution in [0.5, 0.6) is 0 Å². The fourth-order valence-corrected chi connectivity index (χ4v) is 5.51. The van der Waals surface area contributed by atoms with Crippen LogP contribution in [0, 0.1) is 5.92 Å². The van der Waals surface area contributed by atoms with Gasteiger partial charge in [-0.2, -0.15) is 13.2 Å². The number of carboxylic acid groups (broad SMARTS) is 1. The average molecular weight is 531 g/mol. The first-order chi connectivity index (χ1) is 18.2. The van der Waals surface area contributed by atoms with Gasteiger partial charge in [-0.25, -0.2) is 19.7 Å². The summed E-state index contributed by atoms with van der Waals surface area (Å²) in [6.07, 6.45) is 3.19. The molecule has 0 radical (unpaired) electrons. The smallest absolute Gasteiger partial charge is 0.416 e. The van der Waals surface area contributed by atoms with Gasteiger partial charge in [0.1, 0.15) is 11.3 Å². The third kappa shape index (κ3) is 5.48. The van der Waals surface area contributed by atoms with Crippen molar-refractivity contribution in [2.45, 2.75) is 70.6 Å². The molecule has 204 valence electrons. The molecule has 2 fully saturated rings. The monoisotopic (exact) mass is 530 g/mol. The maximum Gasteiger partial charge on any atom is 0.416 e. The Morgan fingerprint density at radius 3 is 2.47 bits per heavy atom. The van der Waals surface area contributed by atoms with Gasteiger partial charge in [0, 0.05) is 13.1 Å². The lowest BCUT2D eigenvalue weighted by Crippen LogP contribution is -2.34. The summed E-state index contributed by atoms with van der Waals surface area (Å²) in [5.74, 6) is 0.231. The van der Waals surface area contributed by atoms with Gasteiger partial charge in [-0.15, -0.1) is 0 Å². The molecule has 38 heavy (non-hydrogen) atoms. The summed E-state index contributed by atoms with van der Waals surface area (Å²) in [5, 5.41) is 13.0. The zero-order chi connectivity index (χ0) is 26.9. The molecule has 5 rings (SSSR count). The molecule has 0 amide bonds. The second-order valence-corrected chi connectivity index (χ2v) is 10.3. The number of halogens is 3. The van der Waals surface area contributed by atoms with E-state index < -0.39 is 17.7 Å². The number of piperidine rings is 1. The number of hydrogen-bond donors (Lipinski definition) is 2. The van der Waals surface area contributed by atoms with Crippen LogP contribution in [0.25, 0.3) is 11.2 Å². The fraction of sp³-hybridized carbons (Fsp3) is 0.556. The topological polar surface area (TPSA) is 96.2 Å². The van der Waals surface area contributed by atoms with Crippen molar-refractivity contribution in [3.8, 4) is 0 Å². The summed E-state index contributed by atoms with van der Waals surface area (Å²) < 4.78 is 41.5. The van der Waals surface area contributed by atoms with Gasteiger partial charge in [0.2, 0.25) is 5.82 Å². The van der Waals surface area contributed by atoms with E-state index in [-0.39, 0.29) is 24.1 Å². The van der Waals surface area contributed by atoms with Crippen LogP contribution in [-0.2, 0) is 12.7 Å². The Bertz CT molecular complexity index is 1290. The Morgan fingerprint density at radius 1 is 1.08 bits per heavy atom. The number of imidazole rings is 1. The van der Waals surface area contributed by atoms with Gasteiger partial charge in [0.25, 0.3) is 0 Å². The molecule has 3 aromatic rings. The third-order valence-electron chi connectivity index (χ3n) is 7.83. The maximum atomic E-state index is 13.2. The molecular weight excluding hydrogens is 497 g/mol. The molecule has 8 nitrogen and oxygen atoms in total. The first kappa shape index (κ1) is 26.4. The quantitative estimate of drug-likeness (QED) is 0.364. The Labute approximate surface area is 219 Å². The highest BCUT2D eigenvalue weighted by molar-refractivity contribution is 5.90. The van der Waals surface area contributed by atoms with Gasteiger partial charge < -0.3 is 15.0 Å². The summed E-state index contributed by atoms with van der Waals surface area (Å²) in [5.41, 5.74) is 0.849. The molecule has 2 aromatic heterocycles. The van der Waals surface area contributed by atoms with Crippen molar-refractivity contribution in [2.75, 3.05) is 25.0 Å². The number of anilines is 1. The number of nitrogens with zero attached hydrogens (tertiary/aromatic N) is 5. The highest BCUT2D eigenvalue weighted by Crippen LogP contribution is 2.35. The molecule has 11 heteroatoms. The lowest BCUT2D eigenvalue weighted by atomic mass is 9.83. The number of rotatable bonds is 9. The van der Waals surface area contributed by atoms with E-state index in [1.807, 2.05) is 4.57 Å². The van der Waals surface area contributed by atoms with Crippen LogP contribution in [0.3, 0.4) is 0 Å². The van der Waals surface area contributed by atoms with Crippen molar-refractivity contribution < 1.29 is 23.1 Å². The molecule has 3 heterocycles. The molecule has 1 aromatic carbocycles. The van der Waals surface area contributed by atoms with Crippen molar-refractivity contribution in [1.29, 1.82) is 0 Å². The summed E-state index contributed by atoms with van der Waals surface area (Å²) in [7, 11) is 0. The summed E-state index contributed by atoms with van der Waals surface area (Å²) >= 11 is 0. The molecule has 0 unspecified atom stereocenters. The zero-order valence-corrected chi connectivity index (χ0v) is 21.5. The third-order valence-corrected chi connectivity index (χ3v) is 7.83. The Kier molecular flexibility index (Phi) is 7.56. The number of fused-ring (bicyclic) bond motifs is 1. The van der Waals surface area contributed by atoms with Gasteiger partial charge >= 0.3 is 12.1 Å². The number of aromatic nitrogens is 4. The normalized spacial score (nSPS) is 19.0. The minimum absolute atomic E-state index is 0.00602. The number of carbonyl (C=O) groups is 1. The number of likely N-dealkylation sites (tertiary alicyclic amines) is 1. The van der Waals surface area contributed by atoms with E-state index >= 15 is 0 Å². The Morgan fingerprint density at radius 2 is 1.84 bits per heavy atom. The number of aromatic carboxylic acids is 1. The van der Waals surface area contributed by atoms with E-state index in [1.54, 1.807) is 0 Å². The van der Waals surface area contributed by atoms with Crippen LogP contribution >= 0.6 is 0 Å². The van der Waals surface area contributed by atoms with Crippen LogP contribution in [0.15, 0.2) is 24.3 Å². The maximum absolute atomic E-state index is 13.2. The van der Waals surface area contributed by atoms with Crippen LogP contribution in [0.2, 0.25) is 0 Å². The fourth-order valence-electron chi connectivity index (χ4n) is 5.51. The molecule has 0 spiro atoms. The van der Waals surface area contributed by atoms with Gasteiger partial charge in [-0.1, -0.05) is 44.7 Å². The minimum atomic E-state index is -4.41. The van der Waals surface area contributed by atoms with E-state index in [1.165, 1.54) is 31.4 Å². The van der Waals surface area contributed by atoms with Crippen molar-refractivity contribution >= 4 is 23.0 Å². The van der Waals surface area contributed by atoms with E-state index in [4.69, 9.17) is 4.98 Å². The number of nitrogens with one attached hydrogen (secondary N) is 1. The van der Waals surface area contributed by atoms with E-state index in [0.717, 1.165) is 56.7 Å². The van der Waals surface area contributed by atoms with Crippen molar-refractivity contribution in [1.82, 2.24) is 24.4 Å². The lowest BCUT2D eigenvalue weighted by molar-refractivity contribution is -0.137. The van der Waals surface area contributed by atoms with Crippen molar-refractivity contribution in [2.24, 2.45) is 5.92 Å². The summed E-state index contributed by atoms with van der Waals surface area (Å²) in [4.78, 5) is 27.6. The molecule has 1 saturated carbocycles.